The lowest BCUT2D eigenvalue weighted by Crippen LogP contribution is -2.29. The monoisotopic (exact) mass is 256 g/mol. The molecular weight excluding hydrogens is 248 g/mol. The number of carboxylic acids is 2. The quantitative estimate of drug-likeness (QED) is 0.866. The zero-order chi connectivity index (χ0) is 11.8. The summed E-state index contributed by atoms with van der Waals surface area (Å²) in [5.74, 6) is -2.06. The maximum atomic E-state index is 11.3. The van der Waals surface area contributed by atoms with Crippen LogP contribution in [0.5, 0.6) is 0 Å². The number of allylic oxidation sites excluding steroid dienone is 1. The van der Waals surface area contributed by atoms with Gasteiger partial charge in [-0.25, -0.2) is 4.79 Å². The van der Waals surface area contributed by atoms with Crippen LogP contribution in [-0.4, -0.2) is 22.2 Å². The smallest absolute Gasteiger partial charge is 0.341 e. The Hall–Kier alpha value is -1.27. The second-order valence-corrected chi connectivity index (χ2v) is 5.58. The molecule has 0 saturated heterocycles. The summed E-state index contributed by atoms with van der Waals surface area (Å²) in [6.45, 7) is 0. The van der Waals surface area contributed by atoms with Crippen molar-refractivity contribution in [1.82, 2.24) is 0 Å². The van der Waals surface area contributed by atoms with Crippen molar-refractivity contribution in [2.45, 2.75) is 11.2 Å². The van der Waals surface area contributed by atoms with Gasteiger partial charge in [0.25, 0.3) is 0 Å². The molecule has 1 unspecified atom stereocenters. The molecule has 1 aromatic rings. The SMILES string of the molecule is O=C(O)C1=CCC(C(=O)O)(c2cccs2)S1. The molecule has 2 N–H and O–H groups in total. The van der Waals surface area contributed by atoms with E-state index in [1.165, 1.54) is 17.4 Å². The van der Waals surface area contributed by atoms with Crippen LogP contribution in [0.2, 0.25) is 0 Å². The molecule has 2 heterocycles. The van der Waals surface area contributed by atoms with Gasteiger partial charge in [-0.2, -0.15) is 0 Å². The number of carboxylic acid groups (broad SMARTS) is 2. The second kappa shape index (κ2) is 3.95. The Morgan fingerprint density at radius 3 is 2.56 bits per heavy atom. The van der Waals surface area contributed by atoms with Gasteiger partial charge in [0, 0.05) is 4.88 Å². The molecule has 0 fully saturated rings. The van der Waals surface area contributed by atoms with Gasteiger partial charge in [0.15, 0.2) is 4.75 Å². The highest BCUT2D eigenvalue weighted by Crippen LogP contribution is 2.51. The van der Waals surface area contributed by atoms with Crippen LogP contribution in [-0.2, 0) is 14.3 Å². The van der Waals surface area contributed by atoms with Crippen LogP contribution in [0.3, 0.4) is 0 Å². The van der Waals surface area contributed by atoms with Crippen LogP contribution < -0.4 is 0 Å². The molecule has 6 heteroatoms. The van der Waals surface area contributed by atoms with Crippen LogP contribution in [0.1, 0.15) is 11.3 Å². The van der Waals surface area contributed by atoms with E-state index in [0.29, 0.717) is 4.88 Å². The van der Waals surface area contributed by atoms with E-state index < -0.39 is 16.7 Å². The molecule has 0 amide bonds. The molecule has 0 radical (unpaired) electrons. The van der Waals surface area contributed by atoms with Gasteiger partial charge < -0.3 is 10.2 Å². The molecule has 1 atom stereocenters. The average molecular weight is 256 g/mol. The van der Waals surface area contributed by atoms with Crippen LogP contribution in [0.25, 0.3) is 0 Å². The number of hydrogen-bond acceptors (Lipinski definition) is 4. The predicted octanol–water partition coefficient (Wildman–Crippen LogP) is 2.13. The lowest BCUT2D eigenvalue weighted by molar-refractivity contribution is -0.140. The summed E-state index contributed by atoms with van der Waals surface area (Å²) in [6, 6.07) is 3.49. The average Bonchev–Trinajstić information content (AvgIpc) is 2.87. The minimum absolute atomic E-state index is 0.107. The van der Waals surface area contributed by atoms with Crippen molar-refractivity contribution < 1.29 is 19.8 Å². The third-order valence-corrected chi connectivity index (χ3v) is 4.97. The van der Waals surface area contributed by atoms with E-state index in [0.717, 1.165) is 11.8 Å². The van der Waals surface area contributed by atoms with Crippen molar-refractivity contribution >= 4 is 35.0 Å². The molecule has 16 heavy (non-hydrogen) atoms. The van der Waals surface area contributed by atoms with Crippen LogP contribution >= 0.6 is 23.1 Å². The molecule has 1 aliphatic heterocycles. The van der Waals surface area contributed by atoms with Crippen molar-refractivity contribution in [1.29, 1.82) is 0 Å². The first-order valence-corrected chi connectivity index (χ1v) is 6.16. The third kappa shape index (κ3) is 1.64. The third-order valence-electron chi connectivity index (χ3n) is 2.33. The first kappa shape index (κ1) is 11.2. The van der Waals surface area contributed by atoms with Gasteiger partial charge in [-0.05, 0) is 17.9 Å². The van der Waals surface area contributed by atoms with E-state index >= 15 is 0 Å². The van der Waals surface area contributed by atoms with Crippen molar-refractivity contribution in [2.75, 3.05) is 0 Å². The number of rotatable bonds is 3. The molecule has 0 bridgehead atoms. The number of carbonyl (C=O) groups is 2. The van der Waals surface area contributed by atoms with E-state index in [-0.39, 0.29) is 11.3 Å². The van der Waals surface area contributed by atoms with Gasteiger partial charge in [-0.15, -0.1) is 11.3 Å². The Labute approximate surface area is 99.6 Å². The van der Waals surface area contributed by atoms with E-state index in [4.69, 9.17) is 5.11 Å². The Morgan fingerprint density at radius 2 is 2.12 bits per heavy atom. The largest absolute Gasteiger partial charge is 0.480 e. The van der Waals surface area contributed by atoms with Crippen LogP contribution in [0.4, 0.5) is 0 Å². The highest BCUT2D eigenvalue weighted by atomic mass is 32.2. The Morgan fingerprint density at radius 1 is 1.38 bits per heavy atom. The van der Waals surface area contributed by atoms with Gasteiger partial charge in [-0.3, -0.25) is 4.79 Å². The fourth-order valence-electron chi connectivity index (χ4n) is 1.53. The van der Waals surface area contributed by atoms with Gasteiger partial charge >= 0.3 is 11.9 Å². The number of thioether (sulfide) groups is 1. The summed E-state index contributed by atoms with van der Waals surface area (Å²) in [4.78, 5) is 22.9. The second-order valence-electron chi connectivity index (χ2n) is 3.29. The predicted molar refractivity (Wildman–Crippen MR) is 61.6 cm³/mol. The molecule has 0 saturated carbocycles. The van der Waals surface area contributed by atoms with E-state index in [9.17, 15) is 14.7 Å². The summed E-state index contributed by atoms with van der Waals surface area (Å²) in [5.41, 5.74) is 0. The lowest BCUT2D eigenvalue weighted by atomic mass is 10.0. The first-order chi connectivity index (χ1) is 7.56. The van der Waals surface area contributed by atoms with Gasteiger partial charge in [0.05, 0.1) is 4.91 Å². The van der Waals surface area contributed by atoms with E-state index in [1.807, 2.05) is 0 Å². The normalized spacial score (nSPS) is 24.1. The highest BCUT2D eigenvalue weighted by Gasteiger charge is 2.47. The maximum absolute atomic E-state index is 11.3. The summed E-state index contributed by atoms with van der Waals surface area (Å²) in [7, 11) is 0. The Balaban J connectivity index is 2.36. The molecule has 0 aromatic carbocycles. The Kier molecular flexibility index (Phi) is 2.77. The summed E-state index contributed by atoms with van der Waals surface area (Å²) < 4.78 is -1.15. The van der Waals surface area contributed by atoms with Gasteiger partial charge in [-0.1, -0.05) is 23.9 Å². The minimum atomic E-state index is -1.15. The standard InChI is InChI=1S/C10H8O4S2/c11-8(12)6-3-4-10(16-6,9(13)14)7-2-1-5-15-7/h1-3,5H,4H2,(H,11,12)(H,13,14). The molecule has 0 aliphatic carbocycles. The molecule has 1 aliphatic rings. The van der Waals surface area contributed by atoms with Crippen LogP contribution in [0, 0.1) is 0 Å². The minimum Gasteiger partial charge on any atom is -0.480 e. The number of thiophene rings is 1. The molecule has 84 valence electrons. The van der Waals surface area contributed by atoms with Crippen molar-refractivity contribution in [3.8, 4) is 0 Å². The molecule has 2 rings (SSSR count). The molecule has 1 aromatic heterocycles. The maximum Gasteiger partial charge on any atom is 0.341 e. The van der Waals surface area contributed by atoms with E-state index in [2.05, 4.69) is 0 Å². The van der Waals surface area contributed by atoms with E-state index in [1.54, 1.807) is 17.5 Å². The number of aliphatic carboxylic acids is 2. The number of hydrogen-bond donors (Lipinski definition) is 2. The van der Waals surface area contributed by atoms with Crippen molar-refractivity contribution in [3.05, 3.63) is 33.4 Å². The zero-order valence-corrected chi connectivity index (χ0v) is 9.68. The fraction of sp³-hybridized carbons (Fsp3) is 0.200. The van der Waals surface area contributed by atoms with Crippen molar-refractivity contribution in [2.24, 2.45) is 0 Å². The zero-order valence-electron chi connectivity index (χ0n) is 8.04. The summed E-state index contributed by atoms with van der Waals surface area (Å²) in [5, 5.41) is 19.9. The van der Waals surface area contributed by atoms with Gasteiger partial charge in [0.2, 0.25) is 0 Å². The molecular formula is C10H8O4S2. The van der Waals surface area contributed by atoms with Gasteiger partial charge in [0.1, 0.15) is 0 Å². The fourth-order valence-corrected chi connectivity index (χ4v) is 3.68. The Bertz CT molecular complexity index is 463. The molecule has 0 spiro atoms. The van der Waals surface area contributed by atoms with Crippen LogP contribution in [0.15, 0.2) is 28.5 Å². The lowest BCUT2D eigenvalue weighted by Gasteiger charge is -2.21. The highest BCUT2D eigenvalue weighted by molar-refractivity contribution is 8.05. The molecule has 4 nitrogen and oxygen atoms in total. The summed E-state index contributed by atoms with van der Waals surface area (Å²) in [6.07, 6.45) is 1.69. The first-order valence-electron chi connectivity index (χ1n) is 4.46. The summed E-state index contributed by atoms with van der Waals surface area (Å²) >= 11 is 2.24. The topological polar surface area (TPSA) is 74.6 Å². The van der Waals surface area contributed by atoms with Crippen molar-refractivity contribution in [3.63, 3.8) is 0 Å².